The molecule has 3 N–H and O–H groups in total. The molecule has 0 saturated carbocycles. The first-order chi connectivity index (χ1) is 10.3. The smallest absolute Gasteiger partial charge is 0.357 e. The minimum atomic E-state index is -0.896. The third-order valence-electron chi connectivity index (χ3n) is 2.53. The summed E-state index contributed by atoms with van der Waals surface area (Å²) in [5.41, 5.74) is -0.908. The third kappa shape index (κ3) is 2.85. The van der Waals surface area contributed by atoms with Gasteiger partial charge in [0.1, 0.15) is 10.2 Å². The van der Waals surface area contributed by atoms with E-state index in [2.05, 4.69) is 31.4 Å². The number of phenolic OH excluding ortho intramolecular Hbond substituents is 1. The number of rotatable bonds is 4. The Balaban J connectivity index is 2.31. The van der Waals surface area contributed by atoms with Gasteiger partial charge in [-0.05, 0) is 26.9 Å². The maximum atomic E-state index is 12.0. The quantitative estimate of drug-likeness (QED) is 0.419. The van der Waals surface area contributed by atoms with Gasteiger partial charge in [0.15, 0.2) is 5.69 Å². The number of benzene rings is 1. The van der Waals surface area contributed by atoms with Crippen molar-refractivity contribution in [2.45, 2.75) is 0 Å². The largest absolute Gasteiger partial charge is 0.506 e. The first kappa shape index (κ1) is 15.4. The lowest BCUT2D eigenvalue weighted by molar-refractivity contribution is -0.390. The van der Waals surface area contributed by atoms with Gasteiger partial charge in [-0.25, -0.2) is 0 Å². The zero-order chi connectivity index (χ0) is 16.4. The van der Waals surface area contributed by atoms with Crippen LogP contribution in [0.3, 0.4) is 0 Å². The Labute approximate surface area is 129 Å². The molecule has 1 amide bonds. The van der Waals surface area contributed by atoms with E-state index in [0.717, 1.165) is 18.2 Å². The maximum Gasteiger partial charge on any atom is 0.357 e. The second kappa shape index (κ2) is 5.77. The highest BCUT2D eigenvalue weighted by molar-refractivity contribution is 9.10. The van der Waals surface area contributed by atoms with Crippen LogP contribution in [-0.4, -0.2) is 31.1 Å². The van der Waals surface area contributed by atoms with Crippen molar-refractivity contribution >= 4 is 39.0 Å². The van der Waals surface area contributed by atoms with E-state index in [1.54, 1.807) is 0 Å². The molecular weight excluding hydrogens is 366 g/mol. The minimum Gasteiger partial charge on any atom is -0.506 e. The van der Waals surface area contributed by atoms with Gasteiger partial charge in [-0.1, -0.05) is 5.10 Å². The van der Waals surface area contributed by atoms with Gasteiger partial charge < -0.3 is 20.5 Å². The molecule has 0 spiro atoms. The van der Waals surface area contributed by atoms with Crippen LogP contribution in [0.1, 0.15) is 10.5 Å². The van der Waals surface area contributed by atoms with Crippen LogP contribution in [0.5, 0.6) is 5.75 Å². The van der Waals surface area contributed by atoms with Gasteiger partial charge in [-0.2, -0.15) is 0 Å². The lowest BCUT2D eigenvalue weighted by atomic mass is 10.2. The minimum absolute atomic E-state index is 0.181. The summed E-state index contributed by atoms with van der Waals surface area (Å²) in [6, 6.07) is 3.04. The molecule has 0 aliphatic rings. The Morgan fingerprint density at radius 2 is 2.00 bits per heavy atom. The number of non-ortho nitro benzene ring substituents is 1. The van der Waals surface area contributed by atoms with Gasteiger partial charge in [0.2, 0.25) is 0 Å². The number of halogens is 1. The molecule has 2 aromatic rings. The Morgan fingerprint density at radius 1 is 1.32 bits per heavy atom. The second-order valence-electron chi connectivity index (χ2n) is 3.90. The molecule has 1 aromatic carbocycles. The fourth-order valence-electron chi connectivity index (χ4n) is 1.51. The summed E-state index contributed by atoms with van der Waals surface area (Å²) in [5, 5.41) is 38.6. The van der Waals surface area contributed by atoms with Crippen molar-refractivity contribution in [3.63, 3.8) is 0 Å². The number of aromatic nitrogens is 2. The van der Waals surface area contributed by atoms with E-state index in [1.165, 1.54) is 0 Å². The van der Waals surface area contributed by atoms with Gasteiger partial charge in [-0.3, -0.25) is 14.9 Å². The molecule has 114 valence electrons. The summed E-state index contributed by atoms with van der Waals surface area (Å²) in [4.78, 5) is 31.8. The van der Waals surface area contributed by atoms with Gasteiger partial charge in [-0.15, -0.1) is 5.10 Å². The Hall–Kier alpha value is -3.02. The fourth-order valence-corrected chi connectivity index (χ4v) is 2.01. The van der Waals surface area contributed by atoms with Crippen molar-refractivity contribution in [3.8, 4) is 5.75 Å². The topological polar surface area (TPSA) is 164 Å². The Bertz CT molecular complexity index is 788. The van der Waals surface area contributed by atoms with Crippen LogP contribution in [0.4, 0.5) is 17.2 Å². The first-order valence-electron chi connectivity index (χ1n) is 5.48. The molecule has 0 bridgehead atoms. The molecule has 1 aromatic heterocycles. The molecule has 0 saturated heterocycles. The number of phenols is 1. The van der Waals surface area contributed by atoms with Crippen LogP contribution in [0.15, 0.2) is 22.7 Å². The monoisotopic (exact) mass is 371 g/mol. The number of carbonyl (C=O) groups is 1. The highest BCUT2D eigenvalue weighted by Gasteiger charge is 2.25. The molecule has 12 heteroatoms. The van der Waals surface area contributed by atoms with Gasteiger partial charge in [0.25, 0.3) is 11.6 Å². The molecule has 1 heterocycles. The summed E-state index contributed by atoms with van der Waals surface area (Å²) in [5.74, 6) is -1.82. The molecule has 0 radical (unpaired) electrons. The van der Waals surface area contributed by atoms with Gasteiger partial charge >= 0.3 is 5.82 Å². The number of nitrogens with zero attached hydrogens (tertiary/aromatic N) is 3. The fraction of sp³-hybridized carbons (Fsp3) is 0. The molecule has 2 rings (SSSR count). The van der Waals surface area contributed by atoms with Crippen LogP contribution >= 0.6 is 15.9 Å². The van der Waals surface area contributed by atoms with Crippen LogP contribution in [-0.2, 0) is 0 Å². The van der Waals surface area contributed by atoms with E-state index in [4.69, 9.17) is 0 Å². The third-order valence-corrected chi connectivity index (χ3v) is 3.28. The number of aromatic amines is 1. The van der Waals surface area contributed by atoms with Crippen LogP contribution < -0.4 is 5.32 Å². The molecule has 0 atom stereocenters. The number of aromatic hydroxyl groups is 1. The predicted molar refractivity (Wildman–Crippen MR) is 75.7 cm³/mol. The van der Waals surface area contributed by atoms with Crippen molar-refractivity contribution in [3.05, 3.63) is 48.6 Å². The number of nitro groups is 2. The van der Waals surface area contributed by atoms with Gasteiger partial charge in [0, 0.05) is 12.1 Å². The summed E-state index contributed by atoms with van der Waals surface area (Å²) in [7, 11) is 0. The van der Waals surface area contributed by atoms with E-state index in [0.29, 0.717) is 0 Å². The Morgan fingerprint density at radius 3 is 2.55 bits per heavy atom. The van der Waals surface area contributed by atoms with E-state index >= 15 is 0 Å². The lowest BCUT2D eigenvalue weighted by Gasteiger charge is -2.05. The van der Waals surface area contributed by atoms with Crippen molar-refractivity contribution in [1.82, 2.24) is 10.2 Å². The normalized spacial score (nSPS) is 10.2. The predicted octanol–water partition coefficient (Wildman–Crippen LogP) is 1.95. The molecule has 0 unspecified atom stereocenters. The van der Waals surface area contributed by atoms with Crippen LogP contribution in [0.2, 0.25) is 0 Å². The van der Waals surface area contributed by atoms with Crippen molar-refractivity contribution < 1.29 is 19.7 Å². The molecule has 11 nitrogen and oxygen atoms in total. The second-order valence-corrected chi connectivity index (χ2v) is 4.70. The zero-order valence-corrected chi connectivity index (χ0v) is 12.0. The number of hydrogen-bond donors (Lipinski definition) is 3. The molecular formula is C10H6BrN5O6. The SMILES string of the molecule is O=C(Nc1cc([N+](=O)[O-])ccc1O)c1n[nH]c([N+](=O)[O-])c1Br. The highest BCUT2D eigenvalue weighted by atomic mass is 79.9. The lowest BCUT2D eigenvalue weighted by Crippen LogP contribution is -2.13. The Kier molecular flexibility index (Phi) is 4.03. The number of hydrogen-bond acceptors (Lipinski definition) is 7. The number of nitro benzene ring substituents is 1. The summed E-state index contributed by atoms with van der Waals surface area (Å²) < 4.78 is -0.181. The number of carbonyl (C=O) groups excluding carboxylic acids is 1. The number of nitrogens with one attached hydrogen (secondary N) is 2. The van der Waals surface area contributed by atoms with Gasteiger partial charge in [0.05, 0.1) is 10.6 Å². The van der Waals surface area contributed by atoms with Crippen molar-refractivity contribution in [2.24, 2.45) is 0 Å². The van der Waals surface area contributed by atoms with E-state index < -0.39 is 27.3 Å². The molecule has 0 aliphatic heterocycles. The summed E-state index contributed by atoms with van der Waals surface area (Å²) in [6.45, 7) is 0. The highest BCUT2D eigenvalue weighted by Crippen LogP contribution is 2.30. The average molecular weight is 372 g/mol. The maximum absolute atomic E-state index is 12.0. The standard InChI is InChI=1S/C10H6BrN5O6/c11-7-8(13-14-9(7)16(21)22)10(18)12-5-3-4(15(19)20)1-2-6(5)17/h1-3,17H,(H,12,18)(H,13,14). The van der Waals surface area contributed by atoms with E-state index in [1.807, 2.05) is 0 Å². The summed E-state index contributed by atoms with van der Waals surface area (Å²) in [6.07, 6.45) is 0. The number of amides is 1. The first-order valence-corrected chi connectivity index (χ1v) is 6.27. The van der Waals surface area contributed by atoms with E-state index in [9.17, 15) is 30.1 Å². The summed E-state index contributed by atoms with van der Waals surface area (Å²) >= 11 is 2.86. The van der Waals surface area contributed by atoms with Crippen LogP contribution in [0.25, 0.3) is 0 Å². The van der Waals surface area contributed by atoms with Crippen molar-refractivity contribution in [1.29, 1.82) is 0 Å². The number of H-pyrrole nitrogens is 1. The van der Waals surface area contributed by atoms with Crippen molar-refractivity contribution in [2.75, 3.05) is 5.32 Å². The van der Waals surface area contributed by atoms with E-state index in [-0.39, 0.29) is 21.5 Å². The molecule has 0 aliphatic carbocycles. The zero-order valence-electron chi connectivity index (χ0n) is 10.4. The molecule has 22 heavy (non-hydrogen) atoms. The number of anilines is 1. The van der Waals surface area contributed by atoms with Crippen LogP contribution in [0, 0.1) is 20.2 Å². The molecule has 0 fully saturated rings. The average Bonchev–Trinajstić information content (AvgIpc) is 2.83.